The molecular formula is C12H15N3O. The quantitative estimate of drug-likeness (QED) is 0.836. The van der Waals surface area contributed by atoms with Gasteiger partial charge in [0.25, 0.3) is 5.91 Å². The molecular weight excluding hydrogens is 202 g/mol. The van der Waals surface area contributed by atoms with Gasteiger partial charge in [-0.05, 0) is 32.0 Å². The Labute approximate surface area is 94.3 Å². The van der Waals surface area contributed by atoms with Crippen LogP contribution in [0.15, 0.2) is 24.5 Å². The number of aromatic amines is 1. The number of fused-ring (bicyclic) bond motifs is 1. The highest BCUT2D eigenvalue weighted by Gasteiger charge is 2.14. The third-order valence-corrected chi connectivity index (χ3v) is 2.76. The molecule has 0 radical (unpaired) electrons. The van der Waals surface area contributed by atoms with Gasteiger partial charge in [0.2, 0.25) is 0 Å². The zero-order valence-electron chi connectivity index (χ0n) is 9.69. The van der Waals surface area contributed by atoms with Crippen molar-refractivity contribution in [3.63, 3.8) is 0 Å². The summed E-state index contributed by atoms with van der Waals surface area (Å²) >= 11 is 0. The summed E-state index contributed by atoms with van der Waals surface area (Å²) in [6, 6.07) is 5.70. The van der Waals surface area contributed by atoms with E-state index in [1.54, 1.807) is 11.2 Å². The van der Waals surface area contributed by atoms with E-state index in [0.717, 1.165) is 11.0 Å². The molecule has 4 heteroatoms. The lowest BCUT2D eigenvalue weighted by atomic mass is 10.1. The van der Waals surface area contributed by atoms with E-state index in [4.69, 9.17) is 0 Å². The second-order valence-electron chi connectivity index (χ2n) is 4.14. The fourth-order valence-electron chi connectivity index (χ4n) is 1.51. The molecule has 1 N–H and O–H groups in total. The first-order valence-electron chi connectivity index (χ1n) is 5.30. The molecule has 4 nitrogen and oxygen atoms in total. The first kappa shape index (κ1) is 10.7. The lowest BCUT2D eigenvalue weighted by Crippen LogP contribution is -2.32. The van der Waals surface area contributed by atoms with Gasteiger partial charge in [-0.25, -0.2) is 4.98 Å². The number of nitrogens with zero attached hydrogens (tertiary/aromatic N) is 2. The number of H-pyrrole nitrogens is 1. The van der Waals surface area contributed by atoms with Crippen molar-refractivity contribution in [1.29, 1.82) is 0 Å². The van der Waals surface area contributed by atoms with Crippen molar-refractivity contribution >= 4 is 16.9 Å². The molecule has 0 aliphatic rings. The topological polar surface area (TPSA) is 49.0 Å². The zero-order valence-corrected chi connectivity index (χ0v) is 9.69. The molecule has 0 saturated heterocycles. The van der Waals surface area contributed by atoms with Crippen molar-refractivity contribution in [2.24, 2.45) is 0 Å². The summed E-state index contributed by atoms with van der Waals surface area (Å²) in [6.45, 7) is 3.99. The summed E-state index contributed by atoms with van der Waals surface area (Å²) in [6.07, 6.45) is 1.63. The molecule has 16 heavy (non-hydrogen) atoms. The van der Waals surface area contributed by atoms with Crippen LogP contribution in [0.2, 0.25) is 0 Å². The van der Waals surface area contributed by atoms with Gasteiger partial charge in [0.15, 0.2) is 0 Å². The summed E-state index contributed by atoms with van der Waals surface area (Å²) in [7, 11) is 1.81. The number of hydrogen-bond donors (Lipinski definition) is 1. The van der Waals surface area contributed by atoms with Gasteiger partial charge < -0.3 is 9.88 Å². The molecule has 0 aliphatic carbocycles. The fraction of sp³-hybridized carbons (Fsp3) is 0.333. The number of aromatic nitrogens is 2. The largest absolute Gasteiger partial charge is 0.345 e. The summed E-state index contributed by atoms with van der Waals surface area (Å²) in [5, 5.41) is 0. The first-order chi connectivity index (χ1) is 7.59. The number of imidazole rings is 1. The van der Waals surface area contributed by atoms with Crippen LogP contribution in [-0.4, -0.2) is 33.9 Å². The van der Waals surface area contributed by atoms with E-state index in [1.807, 2.05) is 39.1 Å². The van der Waals surface area contributed by atoms with Gasteiger partial charge in [0.05, 0.1) is 17.4 Å². The molecule has 2 rings (SSSR count). The molecule has 0 aliphatic heterocycles. The molecule has 0 spiro atoms. The molecule has 0 atom stereocenters. The lowest BCUT2D eigenvalue weighted by molar-refractivity contribution is 0.0755. The fourth-order valence-corrected chi connectivity index (χ4v) is 1.51. The Hall–Kier alpha value is -1.84. The molecule has 0 saturated carbocycles. The molecule has 1 amide bonds. The molecule has 1 heterocycles. The maximum absolute atomic E-state index is 12.0. The number of amides is 1. The lowest BCUT2D eigenvalue weighted by Gasteiger charge is -2.21. The van der Waals surface area contributed by atoms with Crippen LogP contribution in [-0.2, 0) is 0 Å². The van der Waals surface area contributed by atoms with Crippen LogP contribution in [0.1, 0.15) is 24.2 Å². The highest BCUT2D eigenvalue weighted by atomic mass is 16.2. The van der Waals surface area contributed by atoms with Gasteiger partial charge in [-0.1, -0.05) is 0 Å². The molecule has 1 aromatic heterocycles. The van der Waals surface area contributed by atoms with Crippen LogP contribution in [0.25, 0.3) is 11.0 Å². The van der Waals surface area contributed by atoms with E-state index in [0.29, 0.717) is 5.56 Å². The van der Waals surface area contributed by atoms with Crippen LogP contribution in [0, 0.1) is 0 Å². The van der Waals surface area contributed by atoms with Crippen LogP contribution in [0.3, 0.4) is 0 Å². The second kappa shape index (κ2) is 3.96. The van der Waals surface area contributed by atoms with E-state index in [9.17, 15) is 4.79 Å². The van der Waals surface area contributed by atoms with Crippen molar-refractivity contribution in [3.05, 3.63) is 30.1 Å². The normalized spacial score (nSPS) is 11.0. The van der Waals surface area contributed by atoms with Crippen molar-refractivity contribution in [1.82, 2.24) is 14.9 Å². The summed E-state index contributed by atoms with van der Waals surface area (Å²) < 4.78 is 0. The van der Waals surface area contributed by atoms with Gasteiger partial charge in [-0.3, -0.25) is 4.79 Å². The van der Waals surface area contributed by atoms with E-state index < -0.39 is 0 Å². The molecule has 1 aromatic carbocycles. The summed E-state index contributed by atoms with van der Waals surface area (Å²) in [4.78, 5) is 20.9. The maximum atomic E-state index is 12.0. The Kier molecular flexibility index (Phi) is 2.64. The third kappa shape index (κ3) is 1.78. The molecule has 2 aromatic rings. The van der Waals surface area contributed by atoms with Crippen LogP contribution < -0.4 is 0 Å². The smallest absolute Gasteiger partial charge is 0.253 e. The van der Waals surface area contributed by atoms with Crippen molar-refractivity contribution in [3.8, 4) is 0 Å². The Balaban J connectivity index is 2.36. The number of carbonyl (C=O) groups excluding carboxylic acids is 1. The molecule has 0 unspecified atom stereocenters. The predicted octanol–water partition coefficient (Wildman–Crippen LogP) is 2.04. The van der Waals surface area contributed by atoms with Crippen molar-refractivity contribution in [2.75, 3.05) is 7.05 Å². The van der Waals surface area contributed by atoms with Gasteiger partial charge in [0, 0.05) is 18.7 Å². The number of hydrogen-bond acceptors (Lipinski definition) is 2. The highest BCUT2D eigenvalue weighted by molar-refractivity contribution is 5.97. The van der Waals surface area contributed by atoms with Crippen LogP contribution in [0.4, 0.5) is 0 Å². The van der Waals surface area contributed by atoms with Crippen LogP contribution >= 0.6 is 0 Å². The molecule has 0 fully saturated rings. The summed E-state index contributed by atoms with van der Waals surface area (Å²) in [5.74, 6) is 0.0338. The minimum Gasteiger partial charge on any atom is -0.345 e. The van der Waals surface area contributed by atoms with E-state index >= 15 is 0 Å². The second-order valence-corrected chi connectivity index (χ2v) is 4.14. The average molecular weight is 217 g/mol. The van der Waals surface area contributed by atoms with Gasteiger partial charge >= 0.3 is 0 Å². The molecule has 0 bridgehead atoms. The minimum absolute atomic E-state index is 0.0338. The SMILES string of the molecule is CC(C)N(C)C(=O)c1ccc2nc[nH]c2c1. The van der Waals surface area contributed by atoms with Gasteiger partial charge in [-0.15, -0.1) is 0 Å². The molecule has 84 valence electrons. The van der Waals surface area contributed by atoms with Gasteiger partial charge in [0.1, 0.15) is 0 Å². The monoisotopic (exact) mass is 217 g/mol. The van der Waals surface area contributed by atoms with Crippen molar-refractivity contribution < 1.29 is 4.79 Å². The Bertz CT molecular complexity index is 516. The number of carbonyl (C=O) groups is 1. The standard InChI is InChI=1S/C12H15N3O/c1-8(2)15(3)12(16)9-4-5-10-11(6-9)14-7-13-10/h4-8H,1-3H3,(H,13,14). The Morgan fingerprint density at radius 2 is 2.19 bits per heavy atom. The van der Waals surface area contributed by atoms with E-state index in [2.05, 4.69) is 9.97 Å². The highest BCUT2D eigenvalue weighted by Crippen LogP contribution is 2.13. The average Bonchev–Trinajstić information content (AvgIpc) is 2.73. The number of rotatable bonds is 2. The Morgan fingerprint density at radius 1 is 1.44 bits per heavy atom. The van der Waals surface area contributed by atoms with Gasteiger partial charge in [-0.2, -0.15) is 0 Å². The number of nitrogens with one attached hydrogen (secondary N) is 1. The Morgan fingerprint density at radius 3 is 2.88 bits per heavy atom. The minimum atomic E-state index is 0.0338. The maximum Gasteiger partial charge on any atom is 0.253 e. The third-order valence-electron chi connectivity index (χ3n) is 2.76. The van der Waals surface area contributed by atoms with Crippen molar-refractivity contribution in [2.45, 2.75) is 19.9 Å². The predicted molar refractivity (Wildman–Crippen MR) is 63.3 cm³/mol. The van der Waals surface area contributed by atoms with E-state index in [1.165, 1.54) is 0 Å². The first-order valence-corrected chi connectivity index (χ1v) is 5.30. The number of benzene rings is 1. The zero-order chi connectivity index (χ0) is 11.7. The van der Waals surface area contributed by atoms with Crippen LogP contribution in [0.5, 0.6) is 0 Å². The summed E-state index contributed by atoms with van der Waals surface area (Å²) in [5.41, 5.74) is 2.46. The van der Waals surface area contributed by atoms with E-state index in [-0.39, 0.29) is 11.9 Å².